The van der Waals surface area contributed by atoms with Gasteiger partial charge in [-0.1, -0.05) is 20.8 Å². The van der Waals surface area contributed by atoms with Crippen molar-refractivity contribution in [2.75, 3.05) is 6.61 Å². The van der Waals surface area contributed by atoms with Crippen LogP contribution >= 0.6 is 11.8 Å². The summed E-state index contributed by atoms with van der Waals surface area (Å²) in [5.74, 6) is -0.743. The van der Waals surface area contributed by atoms with Gasteiger partial charge < -0.3 is 10.2 Å². The molecule has 100 valence electrons. The molecule has 0 spiro atoms. The topological polar surface area (TPSA) is 70.4 Å². The number of carboxylic acids is 1. The predicted octanol–water partition coefficient (Wildman–Crippen LogP) is 2.77. The van der Waals surface area contributed by atoms with Gasteiger partial charge in [-0.05, 0) is 24.5 Å². The maximum absolute atomic E-state index is 11.1. The van der Waals surface area contributed by atoms with E-state index in [1.807, 2.05) is 20.8 Å². The smallest absolute Gasteiger partial charge is 0.335 e. The van der Waals surface area contributed by atoms with Crippen molar-refractivity contribution in [2.45, 2.75) is 43.4 Å². The monoisotopic (exact) mass is 269 g/mol. The molecule has 1 aromatic heterocycles. The van der Waals surface area contributed by atoms with Gasteiger partial charge in [-0.2, -0.15) is 0 Å². The Morgan fingerprint density at radius 2 is 2.06 bits per heavy atom. The van der Waals surface area contributed by atoms with Crippen LogP contribution in [0.3, 0.4) is 0 Å². The number of aliphatic hydroxyl groups is 1. The van der Waals surface area contributed by atoms with E-state index in [2.05, 4.69) is 4.98 Å². The molecule has 1 rings (SSSR count). The number of aromatic carboxylic acids is 1. The van der Waals surface area contributed by atoms with Crippen molar-refractivity contribution in [1.82, 2.24) is 4.98 Å². The second kappa shape index (κ2) is 6.75. The fourth-order valence-corrected chi connectivity index (χ4v) is 2.44. The quantitative estimate of drug-likeness (QED) is 0.777. The molecule has 0 aliphatic rings. The lowest BCUT2D eigenvalue weighted by molar-refractivity contribution is 0.0696. The van der Waals surface area contributed by atoms with E-state index in [1.54, 1.807) is 12.1 Å². The number of carbonyl (C=O) groups is 1. The molecule has 1 atom stereocenters. The number of hydrogen-bond acceptors (Lipinski definition) is 4. The zero-order valence-electron chi connectivity index (χ0n) is 10.9. The minimum atomic E-state index is -0.934. The Hall–Kier alpha value is -1.07. The summed E-state index contributed by atoms with van der Waals surface area (Å²) in [5.41, 5.74) is 1.06. The lowest BCUT2D eigenvalue weighted by atomic mass is 10.1. The average Bonchev–Trinajstić information content (AvgIpc) is 2.28. The van der Waals surface area contributed by atoms with Crippen molar-refractivity contribution in [2.24, 2.45) is 0 Å². The average molecular weight is 269 g/mol. The minimum absolute atomic E-state index is 0.129. The molecule has 5 heteroatoms. The maximum Gasteiger partial charge on any atom is 0.335 e. The Morgan fingerprint density at radius 3 is 2.56 bits per heavy atom. The van der Waals surface area contributed by atoms with E-state index in [0.29, 0.717) is 11.4 Å². The van der Waals surface area contributed by atoms with E-state index in [9.17, 15) is 4.79 Å². The Bertz CT molecular complexity index is 421. The molecule has 0 aliphatic heterocycles. The van der Waals surface area contributed by atoms with Gasteiger partial charge >= 0.3 is 5.97 Å². The molecule has 0 aliphatic carbocycles. The van der Waals surface area contributed by atoms with Gasteiger partial charge in [-0.3, -0.25) is 0 Å². The largest absolute Gasteiger partial charge is 0.478 e. The van der Waals surface area contributed by atoms with Crippen LogP contribution in [-0.4, -0.2) is 33.0 Å². The summed E-state index contributed by atoms with van der Waals surface area (Å²) in [6, 6.07) is 3.21. The van der Waals surface area contributed by atoms with Crippen molar-refractivity contribution in [3.63, 3.8) is 0 Å². The van der Waals surface area contributed by atoms with Crippen LogP contribution in [0.1, 0.15) is 49.2 Å². The van der Waals surface area contributed by atoms with Crippen molar-refractivity contribution in [3.05, 3.63) is 23.4 Å². The molecular weight excluding hydrogens is 250 g/mol. The zero-order chi connectivity index (χ0) is 13.7. The van der Waals surface area contributed by atoms with Crippen LogP contribution in [0.25, 0.3) is 0 Å². The number of carboxylic acid groups (broad SMARTS) is 1. The molecule has 0 radical (unpaired) electrons. The van der Waals surface area contributed by atoms with Gasteiger partial charge in [0.2, 0.25) is 0 Å². The number of aliphatic hydroxyl groups excluding tert-OH is 1. The Labute approximate surface area is 111 Å². The minimum Gasteiger partial charge on any atom is -0.478 e. The molecule has 1 unspecified atom stereocenters. The van der Waals surface area contributed by atoms with E-state index in [1.165, 1.54) is 11.8 Å². The highest BCUT2D eigenvalue weighted by Crippen LogP contribution is 2.26. The molecule has 2 N–H and O–H groups in total. The first-order valence-electron chi connectivity index (χ1n) is 5.96. The molecule has 0 bridgehead atoms. The van der Waals surface area contributed by atoms with Crippen LogP contribution in [0.5, 0.6) is 0 Å². The van der Waals surface area contributed by atoms with Crippen molar-refractivity contribution in [1.29, 1.82) is 0 Å². The van der Waals surface area contributed by atoms with Crippen molar-refractivity contribution in [3.8, 4) is 0 Å². The lowest BCUT2D eigenvalue weighted by Gasteiger charge is -2.12. The first-order chi connectivity index (χ1) is 8.43. The van der Waals surface area contributed by atoms with Gasteiger partial charge in [0.15, 0.2) is 0 Å². The van der Waals surface area contributed by atoms with Gasteiger partial charge in [0.1, 0.15) is 0 Å². The summed E-state index contributed by atoms with van der Waals surface area (Å²) in [6.07, 6.45) is 0.667. The van der Waals surface area contributed by atoms with Crippen LogP contribution in [0.4, 0.5) is 0 Å². The summed E-state index contributed by atoms with van der Waals surface area (Å²) < 4.78 is 0. The van der Waals surface area contributed by atoms with Crippen LogP contribution in [0.2, 0.25) is 0 Å². The zero-order valence-corrected chi connectivity index (χ0v) is 11.7. The van der Waals surface area contributed by atoms with Gasteiger partial charge in [0, 0.05) is 17.6 Å². The molecular formula is C13H19NO3S. The number of rotatable bonds is 6. The van der Waals surface area contributed by atoms with E-state index in [-0.39, 0.29) is 23.3 Å². The number of nitrogens with zero attached hydrogens (tertiary/aromatic N) is 1. The highest BCUT2D eigenvalue weighted by molar-refractivity contribution is 7.99. The first kappa shape index (κ1) is 15.0. The first-order valence-corrected chi connectivity index (χ1v) is 6.84. The molecule has 0 aromatic carbocycles. The molecule has 0 saturated carbocycles. The number of aromatic nitrogens is 1. The third-order valence-corrected chi connectivity index (χ3v) is 3.61. The third-order valence-electron chi connectivity index (χ3n) is 2.52. The van der Waals surface area contributed by atoms with Gasteiger partial charge in [-0.25, -0.2) is 9.78 Å². The SMILES string of the molecule is CC(CCO)Sc1cc(C(=O)O)cc(C(C)C)n1. The number of thioether (sulfide) groups is 1. The molecule has 1 heterocycles. The van der Waals surface area contributed by atoms with E-state index in [0.717, 1.165) is 5.69 Å². The van der Waals surface area contributed by atoms with Gasteiger partial charge in [0.05, 0.1) is 10.6 Å². The Morgan fingerprint density at radius 1 is 1.39 bits per heavy atom. The molecule has 0 amide bonds. The Balaban J connectivity index is 2.99. The summed E-state index contributed by atoms with van der Waals surface area (Å²) in [5, 5.41) is 18.9. The van der Waals surface area contributed by atoms with Crippen LogP contribution in [-0.2, 0) is 0 Å². The van der Waals surface area contributed by atoms with E-state index >= 15 is 0 Å². The standard InChI is InChI=1S/C13H19NO3S/c1-8(2)11-6-10(13(16)17)7-12(14-11)18-9(3)4-5-15/h6-9,15H,4-5H2,1-3H3,(H,16,17). The molecule has 18 heavy (non-hydrogen) atoms. The predicted molar refractivity (Wildman–Crippen MR) is 72.3 cm³/mol. The number of pyridine rings is 1. The highest BCUT2D eigenvalue weighted by Gasteiger charge is 2.13. The molecule has 1 aromatic rings. The number of hydrogen-bond donors (Lipinski definition) is 2. The van der Waals surface area contributed by atoms with E-state index in [4.69, 9.17) is 10.2 Å². The summed E-state index contributed by atoms with van der Waals surface area (Å²) in [6.45, 7) is 6.09. The molecule has 0 saturated heterocycles. The van der Waals surface area contributed by atoms with Crippen LogP contribution in [0, 0.1) is 0 Å². The van der Waals surface area contributed by atoms with Crippen LogP contribution < -0.4 is 0 Å². The molecule has 0 fully saturated rings. The fourth-order valence-electron chi connectivity index (χ4n) is 1.45. The van der Waals surface area contributed by atoms with Crippen molar-refractivity contribution >= 4 is 17.7 Å². The summed E-state index contributed by atoms with van der Waals surface area (Å²) in [7, 11) is 0. The highest BCUT2D eigenvalue weighted by atomic mass is 32.2. The maximum atomic E-state index is 11.1. The second-order valence-corrected chi connectivity index (χ2v) is 5.98. The van der Waals surface area contributed by atoms with Crippen molar-refractivity contribution < 1.29 is 15.0 Å². The Kier molecular flexibility index (Phi) is 5.62. The normalized spacial score (nSPS) is 12.7. The van der Waals surface area contributed by atoms with Gasteiger partial charge in [0.25, 0.3) is 0 Å². The lowest BCUT2D eigenvalue weighted by Crippen LogP contribution is -2.05. The summed E-state index contributed by atoms with van der Waals surface area (Å²) in [4.78, 5) is 15.5. The fraction of sp³-hybridized carbons (Fsp3) is 0.538. The van der Waals surface area contributed by atoms with Gasteiger partial charge in [-0.15, -0.1) is 11.8 Å². The summed E-state index contributed by atoms with van der Waals surface area (Å²) >= 11 is 1.50. The van der Waals surface area contributed by atoms with E-state index < -0.39 is 5.97 Å². The second-order valence-electron chi connectivity index (χ2n) is 4.52. The van der Waals surface area contributed by atoms with Crippen LogP contribution in [0.15, 0.2) is 17.2 Å². The molecule has 4 nitrogen and oxygen atoms in total. The third kappa shape index (κ3) is 4.31.